The van der Waals surface area contributed by atoms with E-state index in [-0.39, 0.29) is 18.0 Å². The van der Waals surface area contributed by atoms with Gasteiger partial charge in [-0.1, -0.05) is 76.1 Å². The molecule has 0 aliphatic rings. The van der Waals surface area contributed by atoms with Gasteiger partial charge in [0.25, 0.3) is 0 Å². The summed E-state index contributed by atoms with van der Waals surface area (Å²) in [5.74, 6) is 0.339. The Balaban J connectivity index is 1.96. The number of aliphatic hydroxyl groups is 1. The third-order valence-electron chi connectivity index (χ3n) is 5.47. The first-order valence-corrected chi connectivity index (χ1v) is 11.4. The first-order valence-electron chi connectivity index (χ1n) is 11.4. The number of carbonyl (C=O) groups excluding carboxylic acids is 1. The fourth-order valence-electron chi connectivity index (χ4n) is 3.64. The average Bonchev–Trinajstić information content (AvgIpc) is 2.81. The Morgan fingerprint density at radius 2 is 1.81 bits per heavy atom. The second-order valence-electron chi connectivity index (χ2n) is 7.85. The van der Waals surface area contributed by atoms with Gasteiger partial charge >= 0.3 is 5.97 Å². The molecule has 4 heteroatoms. The highest BCUT2D eigenvalue weighted by Crippen LogP contribution is 2.24. The van der Waals surface area contributed by atoms with Gasteiger partial charge in [0.15, 0.2) is 0 Å². The van der Waals surface area contributed by atoms with E-state index >= 15 is 0 Å². The van der Waals surface area contributed by atoms with Crippen LogP contribution in [0, 0.1) is 5.92 Å². The van der Waals surface area contributed by atoms with Crippen molar-refractivity contribution in [1.29, 1.82) is 0 Å². The second-order valence-corrected chi connectivity index (χ2v) is 7.85. The van der Waals surface area contributed by atoms with Crippen LogP contribution in [-0.2, 0) is 16.1 Å². The monoisotopic (exact) mass is 424 g/mol. The lowest BCUT2D eigenvalue weighted by atomic mass is 9.87. The summed E-state index contributed by atoms with van der Waals surface area (Å²) in [5, 5.41) is 10.4. The van der Waals surface area contributed by atoms with Gasteiger partial charge in [-0.3, -0.25) is 0 Å². The van der Waals surface area contributed by atoms with E-state index in [1.54, 1.807) is 6.08 Å². The number of hydrogen-bond donors (Lipinski definition) is 1. The highest BCUT2D eigenvalue weighted by Gasteiger charge is 2.28. The van der Waals surface area contributed by atoms with Gasteiger partial charge in [0.2, 0.25) is 0 Å². The van der Waals surface area contributed by atoms with E-state index in [0.717, 1.165) is 36.1 Å². The zero-order chi connectivity index (χ0) is 22.5. The largest absolute Gasteiger partial charge is 0.489 e. The Morgan fingerprint density at radius 3 is 2.48 bits per heavy atom. The number of rotatable bonds is 13. The lowest BCUT2D eigenvalue weighted by Crippen LogP contribution is -2.34. The predicted molar refractivity (Wildman–Crippen MR) is 126 cm³/mol. The molecule has 0 aliphatic carbocycles. The molecule has 0 radical (unpaired) electrons. The van der Waals surface area contributed by atoms with Crippen LogP contribution in [0.2, 0.25) is 0 Å². The van der Waals surface area contributed by atoms with Crippen LogP contribution in [0.4, 0.5) is 0 Å². The third kappa shape index (κ3) is 8.58. The Kier molecular flexibility index (Phi) is 10.9. The molecule has 3 atom stereocenters. The molecule has 168 valence electrons. The van der Waals surface area contributed by atoms with Crippen LogP contribution >= 0.6 is 0 Å². The Labute approximate surface area is 186 Å². The molecule has 0 bridgehead atoms. The van der Waals surface area contributed by atoms with E-state index in [9.17, 15) is 9.90 Å². The van der Waals surface area contributed by atoms with Gasteiger partial charge in [-0.2, -0.15) is 0 Å². The molecule has 0 heterocycles. The third-order valence-corrected chi connectivity index (χ3v) is 5.47. The molecule has 0 aromatic heterocycles. The molecular formula is C27H36O4. The van der Waals surface area contributed by atoms with Crippen molar-refractivity contribution in [3.05, 3.63) is 71.8 Å². The number of carbonyl (C=O) groups is 1. The highest BCUT2D eigenvalue weighted by atomic mass is 16.5. The normalized spacial score (nSPS) is 14.2. The Bertz CT molecular complexity index is 800. The average molecular weight is 425 g/mol. The van der Waals surface area contributed by atoms with Crippen LogP contribution in [0.1, 0.15) is 64.0 Å². The van der Waals surface area contributed by atoms with Crippen molar-refractivity contribution < 1.29 is 19.4 Å². The minimum Gasteiger partial charge on any atom is -0.489 e. The van der Waals surface area contributed by atoms with Crippen molar-refractivity contribution in [2.45, 2.75) is 71.7 Å². The van der Waals surface area contributed by atoms with Crippen LogP contribution in [0.5, 0.6) is 5.75 Å². The molecule has 2 rings (SSSR count). The molecule has 0 aliphatic heterocycles. The molecule has 0 spiro atoms. The maximum Gasteiger partial charge on any atom is 0.331 e. The van der Waals surface area contributed by atoms with Crippen molar-refractivity contribution in [2.75, 3.05) is 0 Å². The zero-order valence-corrected chi connectivity index (χ0v) is 19.0. The summed E-state index contributed by atoms with van der Waals surface area (Å²) in [6.07, 6.45) is 6.74. The molecule has 1 unspecified atom stereocenters. The van der Waals surface area contributed by atoms with Gasteiger partial charge in [0.05, 0.1) is 6.10 Å². The standard InChI is InChI=1S/C27H36O4/c1-4-7-16-24(25(28)5-2)26(6-3)31-27(29)18-17-21-14-11-15-23(19-21)30-20-22-12-9-8-10-13-22/h8-15,17-19,24-26,28H,4-7,16,20H2,1-3H3/t24?,25-,26+/m1/s1. The van der Waals surface area contributed by atoms with Gasteiger partial charge in [-0.25, -0.2) is 4.79 Å². The smallest absolute Gasteiger partial charge is 0.331 e. The number of ether oxygens (including phenoxy) is 2. The number of benzene rings is 2. The van der Waals surface area contributed by atoms with Crippen LogP contribution < -0.4 is 4.74 Å². The van der Waals surface area contributed by atoms with Crippen molar-refractivity contribution >= 4 is 12.0 Å². The maximum atomic E-state index is 12.4. The van der Waals surface area contributed by atoms with E-state index in [1.807, 2.05) is 68.4 Å². The number of hydrogen-bond acceptors (Lipinski definition) is 4. The SMILES string of the molecule is CCCCC([C@H](O)CC)[C@H](CC)OC(=O)C=Cc1cccc(OCc2ccccc2)c1. The lowest BCUT2D eigenvalue weighted by Gasteiger charge is -2.29. The van der Waals surface area contributed by atoms with Gasteiger partial charge < -0.3 is 14.6 Å². The quantitative estimate of drug-likeness (QED) is 0.308. The summed E-state index contributed by atoms with van der Waals surface area (Å²) >= 11 is 0. The van der Waals surface area contributed by atoms with Crippen LogP contribution in [0.15, 0.2) is 60.7 Å². The van der Waals surface area contributed by atoms with Crippen molar-refractivity contribution in [2.24, 2.45) is 5.92 Å². The lowest BCUT2D eigenvalue weighted by molar-refractivity contribution is -0.148. The molecule has 0 amide bonds. The summed E-state index contributed by atoms with van der Waals surface area (Å²) in [6, 6.07) is 17.6. The molecule has 0 saturated heterocycles. The van der Waals surface area contributed by atoms with Crippen molar-refractivity contribution in [1.82, 2.24) is 0 Å². The number of aliphatic hydroxyl groups excluding tert-OH is 1. The minimum atomic E-state index is -0.452. The minimum absolute atomic E-state index is 0.0259. The molecule has 2 aromatic rings. The van der Waals surface area contributed by atoms with Gasteiger partial charge in [-0.15, -0.1) is 0 Å². The first-order chi connectivity index (χ1) is 15.1. The van der Waals surface area contributed by atoms with Crippen molar-refractivity contribution in [3.63, 3.8) is 0 Å². The van der Waals surface area contributed by atoms with Crippen LogP contribution in [-0.4, -0.2) is 23.3 Å². The van der Waals surface area contributed by atoms with E-state index in [0.29, 0.717) is 19.4 Å². The molecule has 31 heavy (non-hydrogen) atoms. The van der Waals surface area contributed by atoms with E-state index < -0.39 is 6.10 Å². The summed E-state index contributed by atoms with van der Waals surface area (Å²) in [4.78, 5) is 12.4. The summed E-state index contributed by atoms with van der Waals surface area (Å²) in [5.41, 5.74) is 1.97. The van der Waals surface area contributed by atoms with Gasteiger partial charge in [0.1, 0.15) is 18.5 Å². The predicted octanol–water partition coefficient (Wildman–Crippen LogP) is 6.18. The molecule has 1 N–H and O–H groups in total. The first kappa shape index (κ1) is 24.7. The number of unbranched alkanes of at least 4 members (excludes halogenated alkanes) is 1. The second kappa shape index (κ2) is 13.7. The van der Waals surface area contributed by atoms with Gasteiger partial charge in [-0.05, 0) is 48.6 Å². The van der Waals surface area contributed by atoms with E-state index in [1.165, 1.54) is 6.08 Å². The molecule has 0 fully saturated rings. The van der Waals surface area contributed by atoms with Gasteiger partial charge in [0, 0.05) is 12.0 Å². The molecule has 2 aromatic carbocycles. The van der Waals surface area contributed by atoms with Crippen molar-refractivity contribution in [3.8, 4) is 5.75 Å². The molecular weight excluding hydrogens is 388 g/mol. The fourth-order valence-corrected chi connectivity index (χ4v) is 3.64. The Hall–Kier alpha value is -2.59. The Morgan fingerprint density at radius 1 is 1.03 bits per heavy atom. The number of esters is 1. The highest BCUT2D eigenvalue weighted by molar-refractivity contribution is 5.87. The van der Waals surface area contributed by atoms with E-state index in [2.05, 4.69) is 6.92 Å². The van der Waals surface area contributed by atoms with Crippen LogP contribution in [0.3, 0.4) is 0 Å². The zero-order valence-electron chi connectivity index (χ0n) is 19.0. The summed E-state index contributed by atoms with van der Waals surface area (Å²) in [7, 11) is 0. The summed E-state index contributed by atoms with van der Waals surface area (Å²) in [6.45, 7) is 6.58. The topological polar surface area (TPSA) is 55.8 Å². The fraction of sp³-hybridized carbons (Fsp3) is 0.444. The van der Waals surface area contributed by atoms with Crippen LogP contribution in [0.25, 0.3) is 6.08 Å². The molecule has 4 nitrogen and oxygen atoms in total. The summed E-state index contributed by atoms with van der Waals surface area (Å²) < 4.78 is 11.6. The molecule has 0 saturated carbocycles. The van der Waals surface area contributed by atoms with E-state index in [4.69, 9.17) is 9.47 Å². The maximum absolute atomic E-state index is 12.4.